The number of carbonyl (C=O) groups excluding carboxylic acids is 1. The lowest BCUT2D eigenvalue weighted by Gasteiger charge is -2.33. The molecule has 1 aromatic heterocycles. The normalized spacial score (nSPS) is 18.3. The van der Waals surface area contributed by atoms with Gasteiger partial charge < -0.3 is 10.6 Å². The number of benzene rings is 2. The van der Waals surface area contributed by atoms with E-state index in [0.29, 0.717) is 5.56 Å². The summed E-state index contributed by atoms with van der Waals surface area (Å²) in [6, 6.07) is 9.30. The maximum absolute atomic E-state index is 13.8. The number of rotatable bonds is 3. The maximum atomic E-state index is 13.8. The van der Waals surface area contributed by atoms with Crippen LogP contribution < -0.4 is 10.6 Å². The highest BCUT2D eigenvalue weighted by Crippen LogP contribution is 2.43. The molecular formula is C20H14BrClF4N4O. The molecule has 11 heteroatoms. The van der Waals surface area contributed by atoms with E-state index in [-0.39, 0.29) is 28.6 Å². The summed E-state index contributed by atoms with van der Waals surface area (Å²) in [6.45, 7) is 0. The molecule has 0 radical (unpaired) electrons. The Morgan fingerprint density at radius 2 is 1.90 bits per heavy atom. The minimum Gasteiger partial charge on any atom is -0.363 e. The molecule has 2 atom stereocenters. The number of carbonyl (C=O) groups is 1. The van der Waals surface area contributed by atoms with E-state index in [1.54, 1.807) is 24.3 Å². The van der Waals surface area contributed by atoms with Crippen molar-refractivity contribution < 1.29 is 22.4 Å². The van der Waals surface area contributed by atoms with Crippen LogP contribution in [0.3, 0.4) is 0 Å². The molecule has 0 saturated heterocycles. The molecule has 31 heavy (non-hydrogen) atoms. The van der Waals surface area contributed by atoms with Crippen LogP contribution in [0.1, 0.15) is 34.6 Å². The first kappa shape index (κ1) is 21.6. The average molecular weight is 518 g/mol. The first-order valence-electron chi connectivity index (χ1n) is 9.06. The molecule has 5 nitrogen and oxygen atoms in total. The molecule has 0 bridgehead atoms. The Bertz CT molecular complexity index is 1130. The third-order valence-electron chi connectivity index (χ3n) is 4.87. The van der Waals surface area contributed by atoms with Crippen LogP contribution in [0, 0.1) is 5.82 Å². The highest BCUT2D eigenvalue weighted by Gasteiger charge is 2.46. The van der Waals surface area contributed by atoms with Crippen molar-refractivity contribution in [3.8, 4) is 0 Å². The second-order valence-corrected chi connectivity index (χ2v) is 8.31. The van der Waals surface area contributed by atoms with Crippen molar-refractivity contribution >= 4 is 44.9 Å². The van der Waals surface area contributed by atoms with Crippen molar-refractivity contribution in [3.05, 3.63) is 75.1 Å². The van der Waals surface area contributed by atoms with Crippen LogP contribution in [0.5, 0.6) is 0 Å². The maximum Gasteiger partial charge on any atom is 0.410 e. The lowest BCUT2D eigenvalue weighted by Crippen LogP contribution is -2.35. The van der Waals surface area contributed by atoms with E-state index in [1.807, 2.05) is 0 Å². The number of anilines is 2. The minimum atomic E-state index is -4.57. The quantitative estimate of drug-likeness (QED) is 0.398. The van der Waals surface area contributed by atoms with Crippen molar-refractivity contribution in [2.45, 2.75) is 24.7 Å². The van der Waals surface area contributed by atoms with Crippen molar-refractivity contribution in [3.63, 3.8) is 0 Å². The minimum absolute atomic E-state index is 0.0638. The smallest absolute Gasteiger partial charge is 0.363 e. The van der Waals surface area contributed by atoms with E-state index in [0.717, 1.165) is 15.2 Å². The largest absolute Gasteiger partial charge is 0.410 e. The van der Waals surface area contributed by atoms with Crippen LogP contribution in [0.25, 0.3) is 0 Å². The van der Waals surface area contributed by atoms with E-state index >= 15 is 0 Å². The molecule has 3 aromatic rings. The lowest BCUT2D eigenvalue weighted by molar-refractivity contribution is -0.173. The fourth-order valence-electron chi connectivity index (χ4n) is 3.37. The van der Waals surface area contributed by atoms with Gasteiger partial charge in [0, 0.05) is 22.6 Å². The molecule has 2 aromatic carbocycles. The van der Waals surface area contributed by atoms with Gasteiger partial charge in [-0.2, -0.15) is 18.3 Å². The van der Waals surface area contributed by atoms with Gasteiger partial charge in [-0.1, -0.05) is 39.7 Å². The molecule has 0 saturated carbocycles. The molecule has 1 aliphatic heterocycles. The van der Waals surface area contributed by atoms with Gasteiger partial charge in [-0.25, -0.2) is 9.07 Å². The summed E-state index contributed by atoms with van der Waals surface area (Å²) in [5.41, 5.74) is 0.544. The molecule has 2 heterocycles. The second kappa shape index (κ2) is 8.16. The van der Waals surface area contributed by atoms with Crippen LogP contribution in [-0.4, -0.2) is 21.9 Å². The van der Waals surface area contributed by atoms with E-state index in [4.69, 9.17) is 11.6 Å². The molecule has 4 rings (SSSR count). The third kappa shape index (κ3) is 4.54. The highest BCUT2D eigenvalue weighted by molar-refractivity contribution is 9.10. The number of amides is 1. The highest BCUT2D eigenvalue weighted by atomic mass is 79.9. The van der Waals surface area contributed by atoms with Crippen LogP contribution in [0.4, 0.5) is 29.1 Å². The first-order valence-corrected chi connectivity index (χ1v) is 10.2. The Kier molecular flexibility index (Phi) is 5.69. The Balaban J connectivity index is 1.63. The van der Waals surface area contributed by atoms with Crippen LogP contribution in [0.15, 0.2) is 53.0 Å². The Hall–Kier alpha value is -2.59. The van der Waals surface area contributed by atoms with Crippen LogP contribution in [-0.2, 0) is 0 Å². The molecule has 1 amide bonds. The van der Waals surface area contributed by atoms with Crippen molar-refractivity contribution in [2.75, 3.05) is 10.6 Å². The Labute approximate surface area is 187 Å². The van der Waals surface area contributed by atoms with E-state index in [1.165, 1.54) is 18.2 Å². The number of fused-ring (bicyclic) bond motifs is 1. The zero-order chi connectivity index (χ0) is 22.3. The van der Waals surface area contributed by atoms with Gasteiger partial charge in [-0.15, -0.1) is 0 Å². The predicted octanol–water partition coefficient (Wildman–Crippen LogP) is 6.35. The average Bonchev–Trinajstić information content (AvgIpc) is 3.14. The monoisotopic (exact) mass is 516 g/mol. The van der Waals surface area contributed by atoms with E-state index < -0.39 is 30.0 Å². The molecule has 0 unspecified atom stereocenters. The van der Waals surface area contributed by atoms with E-state index in [9.17, 15) is 22.4 Å². The number of hydrogen-bond donors (Lipinski definition) is 2. The zero-order valence-corrected chi connectivity index (χ0v) is 17.9. The van der Waals surface area contributed by atoms with Crippen molar-refractivity contribution in [2.24, 2.45) is 0 Å². The summed E-state index contributed by atoms with van der Waals surface area (Å²) in [6.07, 6.45) is -4.85. The standard InChI is InChI=1S/C20H14BrClF4N4O/c21-11-3-1-10(2-4-11)15-8-17(20(24,25)26)30-18(28-15)9-16(29-30)19(31)27-12-5-6-13(22)14(23)7-12/h1-7,9,15,17,28H,8H2,(H,27,31)/t15-,17-/m1/s1. The lowest BCUT2D eigenvalue weighted by atomic mass is 9.97. The number of hydrogen-bond acceptors (Lipinski definition) is 3. The zero-order valence-electron chi connectivity index (χ0n) is 15.6. The van der Waals surface area contributed by atoms with Crippen molar-refractivity contribution in [1.29, 1.82) is 0 Å². The molecule has 162 valence electrons. The number of alkyl halides is 3. The number of halogens is 6. The third-order valence-corrected chi connectivity index (χ3v) is 5.71. The number of nitrogens with zero attached hydrogens (tertiary/aromatic N) is 2. The molecule has 0 aliphatic carbocycles. The Morgan fingerprint density at radius 1 is 1.19 bits per heavy atom. The van der Waals surface area contributed by atoms with Gasteiger partial charge in [0.2, 0.25) is 0 Å². The van der Waals surface area contributed by atoms with Crippen LogP contribution in [0.2, 0.25) is 5.02 Å². The summed E-state index contributed by atoms with van der Waals surface area (Å²) in [5.74, 6) is -1.44. The fourth-order valence-corrected chi connectivity index (χ4v) is 3.75. The first-order chi connectivity index (χ1) is 14.6. The molecule has 1 aliphatic rings. The molecule has 0 fully saturated rings. The summed E-state index contributed by atoms with van der Waals surface area (Å²) >= 11 is 8.92. The molecular weight excluding hydrogens is 504 g/mol. The van der Waals surface area contributed by atoms with E-state index in [2.05, 4.69) is 31.7 Å². The predicted molar refractivity (Wildman–Crippen MR) is 112 cm³/mol. The number of aromatic nitrogens is 2. The van der Waals surface area contributed by atoms with Gasteiger partial charge in [0.15, 0.2) is 11.7 Å². The second-order valence-electron chi connectivity index (χ2n) is 6.98. The number of nitrogens with one attached hydrogen (secondary N) is 2. The molecule has 0 spiro atoms. The summed E-state index contributed by atoms with van der Waals surface area (Å²) in [4.78, 5) is 12.5. The summed E-state index contributed by atoms with van der Waals surface area (Å²) < 4.78 is 56.5. The van der Waals surface area contributed by atoms with Gasteiger partial charge in [-0.05, 0) is 35.9 Å². The van der Waals surface area contributed by atoms with Gasteiger partial charge in [-0.3, -0.25) is 4.79 Å². The van der Waals surface area contributed by atoms with Gasteiger partial charge >= 0.3 is 6.18 Å². The van der Waals surface area contributed by atoms with Gasteiger partial charge in [0.1, 0.15) is 11.6 Å². The fraction of sp³-hybridized carbons (Fsp3) is 0.200. The Morgan fingerprint density at radius 3 is 2.55 bits per heavy atom. The van der Waals surface area contributed by atoms with Crippen LogP contribution >= 0.6 is 27.5 Å². The summed E-state index contributed by atoms with van der Waals surface area (Å²) in [5, 5.41) is 9.18. The van der Waals surface area contributed by atoms with Crippen molar-refractivity contribution in [1.82, 2.24) is 9.78 Å². The topological polar surface area (TPSA) is 59.0 Å². The van der Waals surface area contributed by atoms with Gasteiger partial charge in [0.05, 0.1) is 11.1 Å². The molecule has 2 N–H and O–H groups in total. The van der Waals surface area contributed by atoms with Gasteiger partial charge in [0.25, 0.3) is 5.91 Å². The SMILES string of the molecule is O=C(Nc1ccc(Cl)c(F)c1)c1cc2n(n1)[C@@H](C(F)(F)F)C[C@H](c1ccc(Br)cc1)N2. The summed E-state index contributed by atoms with van der Waals surface area (Å²) in [7, 11) is 0.